The van der Waals surface area contributed by atoms with Crippen molar-refractivity contribution in [2.45, 2.75) is 71.3 Å². The van der Waals surface area contributed by atoms with Gasteiger partial charge < -0.3 is 10.2 Å². The lowest BCUT2D eigenvalue weighted by atomic mass is 9.92. The van der Waals surface area contributed by atoms with Gasteiger partial charge in [-0.3, -0.25) is 30.4 Å². The molecule has 2 heterocycles. The third-order valence-corrected chi connectivity index (χ3v) is 6.65. The van der Waals surface area contributed by atoms with Gasteiger partial charge in [0.2, 0.25) is 24.0 Å². The van der Waals surface area contributed by atoms with E-state index >= 15 is 4.39 Å². The van der Waals surface area contributed by atoms with Gasteiger partial charge in [0.05, 0.1) is 12.5 Å². The average Bonchev–Trinajstić information content (AvgIpc) is 3.57. The van der Waals surface area contributed by atoms with Crippen molar-refractivity contribution < 1.29 is 24.0 Å². The van der Waals surface area contributed by atoms with E-state index < -0.39 is 23.7 Å². The fraction of sp³-hybridized carbons (Fsp3) is 0.696. The van der Waals surface area contributed by atoms with Crippen LogP contribution in [0.3, 0.4) is 0 Å². The van der Waals surface area contributed by atoms with Crippen molar-refractivity contribution in [3.63, 3.8) is 0 Å². The number of aromatic nitrogens is 2. The predicted octanol–water partition coefficient (Wildman–Crippen LogP) is 2.09. The van der Waals surface area contributed by atoms with Gasteiger partial charge >= 0.3 is 0 Å². The molecule has 3 rings (SSSR count). The molecule has 3 amide bonds. The van der Waals surface area contributed by atoms with Crippen LogP contribution in [0.1, 0.15) is 64.6 Å². The van der Waals surface area contributed by atoms with Crippen molar-refractivity contribution in [3.05, 3.63) is 11.6 Å². The molecule has 12 heteroatoms. The zero-order valence-corrected chi connectivity index (χ0v) is 20.4. The van der Waals surface area contributed by atoms with Crippen LogP contribution in [-0.4, -0.2) is 69.0 Å². The number of rotatable bonds is 12. The number of aryl methyl sites for hydroxylation is 1. The van der Waals surface area contributed by atoms with Crippen molar-refractivity contribution >= 4 is 29.9 Å². The van der Waals surface area contributed by atoms with Crippen LogP contribution < -0.4 is 16.2 Å². The number of anilines is 2. The maximum atomic E-state index is 15.2. The normalized spacial score (nSPS) is 17.7. The predicted molar refractivity (Wildman–Crippen MR) is 127 cm³/mol. The van der Waals surface area contributed by atoms with E-state index in [9.17, 15) is 19.6 Å². The largest absolute Gasteiger partial charge is 0.356 e. The van der Waals surface area contributed by atoms with Crippen LogP contribution in [0.4, 0.5) is 16.0 Å². The molecule has 35 heavy (non-hydrogen) atoms. The molecular weight excluding hydrogens is 457 g/mol. The smallest absolute Gasteiger partial charge is 0.244 e. The van der Waals surface area contributed by atoms with E-state index in [-0.39, 0.29) is 30.5 Å². The molecule has 1 aromatic rings. The van der Waals surface area contributed by atoms with Gasteiger partial charge in [0.15, 0.2) is 11.6 Å². The maximum absolute atomic E-state index is 15.2. The number of nitrogens with one attached hydrogen (secondary N) is 3. The van der Waals surface area contributed by atoms with E-state index in [1.807, 2.05) is 6.92 Å². The van der Waals surface area contributed by atoms with Crippen molar-refractivity contribution in [2.24, 2.45) is 11.8 Å². The van der Waals surface area contributed by atoms with Crippen molar-refractivity contribution in [1.82, 2.24) is 25.4 Å². The maximum Gasteiger partial charge on any atom is 0.244 e. The first kappa shape index (κ1) is 26.6. The summed E-state index contributed by atoms with van der Waals surface area (Å²) in [7, 11) is 0. The number of hydrogen-bond acceptors (Lipinski definition) is 8. The summed E-state index contributed by atoms with van der Waals surface area (Å²) in [6.45, 7) is 4.68. The van der Waals surface area contributed by atoms with Gasteiger partial charge in [-0.05, 0) is 32.1 Å². The molecule has 194 valence electrons. The summed E-state index contributed by atoms with van der Waals surface area (Å²) in [5.41, 5.74) is 5.00. The number of carbonyl (C=O) groups is 3. The summed E-state index contributed by atoms with van der Waals surface area (Å²) in [6, 6.07) is -0.681. The Morgan fingerprint density at radius 3 is 2.49 bits per heavy atom. The van der Waals surface area contributed by atoms with Gasteiger partial charge in [-0.1, -0.05) is 32.6 Å². The Morgan fingerprint density at radius 1 is 1.20 bits per heavy atom. The Morgan fingerprint density at radius 2 is 1.86 bits per heavy atom. The summed E-state index contributed by atoms with van der Waals surface area (Å²) < 4.78 is 15.2. The molecule has 0 spiro atoms. The highest BCUT2D eigenvalue weighted by atomic mass is 19.1. The molecule has 0 aromatic carbocycles. The Bertz CT molecular complexity index is 891. The second kappa shape index (κ2) is 12.6. The Balaban J connectivity index is 1.68. The standard InChI is InChI=1S/C23H36FN7O4/c1-3-18-26-20(25-15(2)23(34)30-10-6-7-11-30)19(24)21(27-18)28-29-22(33)17(13-31(35)14-32)12-16-8-4-5-9-16/h14-17,35H,3-13H2,1-2H3,(H,29,33)(H2,25,26,27,28)/t15-,17-/m1/s1. The lowest BCUT2D eigenvalue weighted by Gasteiger charge is -2.23. The van der Waals surface area contributed by atoms with E-state index in [1.165, 1.54) is 0 Å². The zero-order chi connectivity index (χ0) is 25.4. The monoisotopic (exact) mass is 493 g/mol. The van der Waals surface area contributed by atoms with Crippen LogP contribution >= 0.6 is 0 Å². The minimum absolute atomic E-state index is 0.125. The molecule has 0 unspecified atom stereocenters. The fourth-order valence-corrected chi connectivity index (χ4v) is 4.71. The van der Waals surface area contributed by atoms with Crippen LogP contribution in [0, 0.1) is 17.7 Å². The van der Waals surface area contributed by atoms with Gasteiger partial charge in [0, 0.05) is 19.5 Å². The molecule has 0 radical (unpaired) electrons. The van der Waals surface area contributed by atoms with Crippen LogP contribution in [0.15, 0.2) is 0 Å². The number of carbonyl (C=O) groups excluding carboxylic acids is 3. The van der Waals surface area contributed by atoms with Gasteiger partial charge in [-0.2, -0.15) is 4.39 Å². The van der Waals surface area contributed by atoms with Crippen molar-refractivity contribution in [2.75, 3.05) is 30.4 Å². The molecule has 1 saturated heterocycles. The van der Waals surface area contributed by atoms with Gasteiger partial charge in [-0.25, -0.2) is 15.0 Å². The number of halogens is 1. The van der Waals surface area contributed by atoms with E-state index in [0.29, 0.717) is 42.7 Å². The number of hydroxylamine groups is 2. The third-order valence-electron chi connectivity index (χ3n) is 6.65. The molecular formula is C23H36FN7O4. The Labute approximate surface area is 204 Å². The zero-order valence-electron chi connectivity index (χ0n) is 20.4. The highest BCUT2D eigenvalue weighted by Crippen LogP contribution is 2.30. The Hall–Kier alpha value is -3.02. The highest BCUT2D eigenvalue weighted by Gasteiger charge is 2.28. The second-order valence-corrected chi connectivity index (χ2v) is 9.33. The summed E-state index contributed by atoms with van der Waals surface area (Å²) >= 11 is 0. The molecule has 2 aliphatic rings. The number of hydrogen-bond donors (Lipinski definition) is 4. The Kier molecular flexibility index (Phi) is 9.58. The number of likely N-dealkylation sites (tertiary alicyclic amines) is 1. The van der Waals surface area contributed by atoms with Crippen molar-refractivity contribution in [3.8, 4) is 0 Å². The number of hydrazine groups is 1. The average molecular weight is 494 g/mol. The molecule has 1 aliphatic carbocycles. The van der Waals surface area contributed by atoms with Crippen molar-refractivity contribution in [1.29, 1.82) is 0 Å². The van der Waals surface area contributed by atoms with E-state index in [0.717, 1.165) is 38.5 Å². The highest BCUT2D eigenvalue weighted by molar-refractivity contribution is 5.84. The van der Waals surface area contributed by atoms with Gasteiger partial charge in [-0.15, -0.1) is 0 Å². The van der Waals surface area contributed by atoms with Crippen LogP contribution in [-0.2, 0) is 20.8 Å². The summed E-state index contributed by atoms with van der Waals surface area (Å²) in [5.74, 6) is -1.81. The summed E-state index contributed by atoms with van der Waals surface area (Å²) in [5, 5.41) is 12.9. The van der Waals surface area contributed by atoms with Crippen LogP contribution in [0.25, 0.3) is 0 Å². The molecule has 1 aromatic heterocycles. The molecule has 2 fully saturated rings. The molecule has 1 aliphatic heterocycles. The first-order chi connectivity index (χ1) is 16.8. The third kappa shape index (κ3) is 7.23. The lowest BCUT2D eigenvalue weighted by Crippen LogP contribution is -2.41. The molecule has 4 N–H and O–H groups in total. The number of amides is 3. The fourth-order valence-electron chi connectivity index (χ4n) is 4.71. The van der Waals surface area contributed by atoms with E-state index in [4.69, 9.17) is 0 Å². The van der Waals surface area contributed by atoms with E-state index in [2.05, 4.69) is 26.1 Å². The SMILES string of the molecule is CCc1nc(NNC(=O)[C@H](CC2CCCC2)CN(O)C=O)c(F)c(N[C@H](C)C(=O)N2CCCC2)n1. The van der Waals surface area contributed by atoms with Crippen LogP contribution in [0.5, 0.6) is 0 Å². The first-order valence-electron chi connectivity index (χ1n) is 12.4. The minimum atomic E-state index is -0.826. The molecule has 2 atom stereocenters. The second-order valence-electron chi connectivity index (χ2n) is 9.33. The summed E-state index contributed by atoms with van der Waals surface area (Å²) in [6.07, 6.45) is 7.25. The van der Waals surface area contributed by atoms with Gasteiger partial charge in [0.1, 0.15) is 11.9 Å². The van der Waals surface area contributed by atoms with Gasteiger partial charge in [0.25, 0.3) is 0 Å². The quantitative estimate of drug-likeness (QED) is 0.197. The lowest BCUT2D eigenvalue weighted by molar-refractivity contribution is -0.154. The first-order valence-corrected chi connectivity index (χ1v) is 12.4. The molecule has 11 nitrogen and oxygen atoms in total. The number of nitrogens with zero attached hydrogens (tertiary/aromatic N) is 4. The summed E-state index contributed by atoms with van der Waals surface area (Å²) in [4.78, 5) is 46.4. The van der Waals surface area contributed by atoms with Crippen LogP contribution in [0.2, 0.25) is 0 Å². The minimum Gasteiger partial charge on any atom is -0.356 e. The molecule has 1 saturated carbocycles. The van der Waals surface area contributed by atoms with E-state index in [1.54, 1.807) is 11.8 Å². The topological polar surface area (TPSA) is 140 Å². The molecule has 0 bridgehead atoms.